The minimum absolute atomic E-state index is 0.00635. The van der Waals surface area contributed by atoms with Crippen LogP contribution in [0.3, 0.4) is 0 Å². The Bertz CT molecular complexity index is 753. The molecule has 0 bridgehead atoms. The molecule has 25 heavy (non-hydrogen) atoms. The molecule has 0 radical (unpaired) electrons. The maximum absolute atomic E-state index is 13.6. The highest BCUT2D eigenvalue weighted by Crippen LogP contribution is 2.17. The summed E-state index contributed by atoms with van der Waals surface area (Å²) in [6.07, 6.45) is 0. The summed E-state index contributed by atoms with van der Waals surface area (Å²) in [5.41, 5.74) is 7.11. The Morgan fingerprint density at radius 2 is 1.56 bits per heavy atom. The second-order valence-corrected chi connectivity index (χ2v) is 5.86. The average molecular weight is 348 g/mol. The van der Waals surface area contributed by atoms with Gasteiger partial charge in [0.25, 0.3) is 0 Å². The fraction of sp³-hybridized carbons (Fsp3) is 0.278. The summed E-state index contributed by atoms with van der Waals surface area (Å²) in [6.45, 7) is 2.73. The molecular formula is C18H19F3N4. The first-order valence-electron chi connectivity index (χ1n) is 8.02. The Hall–Kier alpha value is -2.70. The lowest BCUT2D eigenvalue weighted by Gasteiger charge is -2.36. The van der Waals surface area contributed by atoms with Crippen LogP contribution in [0.1, 0.15) is 5.56 Å². The topological polar surface area (TPSA) is 44.9 Å². The van der Waals surface area contributed by atoms with Gasteiger partial charge < -0.3 is 15.5 Å². The van der Waals surface area contributed by atoms with Crippen LogP contribution < -0.4 is 10.6 Å². The zero-order chi connectivity index (χ0) is 17.8. The highest BCUT2D eigenvalue weighted by molar-refractivity contribution is 5.78. The second-order valence-electron chi connectivity index (χ2n) is 5.86. The van der Waals surface area contributed by atoms with Crippen molar-refractivity contribution < 1.29 is 13.2 Å². The van der Waals surface area contributed by atoms with Crippen molar-refractivity contribution in [1.29, 1.82) is 0 Å². The van der Waals surface area contributed by atoms with E-state index in [1.807, 2.05) is 4.90 Å². The Kier molecular flexibility index (Phi) is 5.11. The predicted molar refractivity (Wildman–Crippen MR) is 91.9 cm³/mol. The number of hydrogen-bond acceptors (Lipinski definition) is 2. The fourth-order valence-corrected chi connectivity index (χ4v) is 2.78. The minimum atomic E-state index is -0.502. The first-order chi connectivity index (χ1) is 12.0. The van der Waals surface area contributed by atoms with Crippen LogP contribution in [-0.2, 0) is 6.54 Å². The van der Waals surface area contributed by atoms with Gasteiger partial charge in [0.05, 0.1) is 6.54 Å². The van der Waals surface area contributed by atoms with Gasteiger partial charge in [-0.1, -0.05) is 0 Å². The lowest BCUT2D eigenvalue weighted by molar-refractivity contribution is 0.380. The summed E-state index contributed by atoms with van der Waals surface area (Å²) in [4.78, 5) is 8.21. The molecule has 7 heteroatoms. The summed E-state index contributed by atoms with van der Waals surface area (Å²) in [6, 6.07) is 9.64. The van der Waals surface area contributed by atoms with Crippen molar-refractivity contribution in [2.45, 2.75) is 6.54 Å². The van der Waals surface area contributed by atoms with E-state index in [0.717, 1.165) is 37.0 Å². The molecule has 132 valence electrons. The molecule has 1 saturated heterocycles. The number of benzene rings is 2. The second kappa shape index (κ2) is 7.46. The summed E-state index contributed by atoms with van der Waals surface area (Å²) < 4.78 is 39.8. The molecule has 0 aromatic heterocycles. The van der Waals surface area contributed by atoms with Crippen molar-refractivity contribution in [3.63, 3.8) is 0 Å². The van der Waals surface area contributed by atoms with Gasteiger partial charge in [-0.2, -0.15) is 0 Å². The molecule has 0 atom stereocenters. The number of halogens is 3. The highest BCUT2D eigenvalue weighted by Gasteiger charge is 2.18. The smallest absolute Gasteiger partial charge is 0.191 e. The summed E-state index contributed by atoms with van der Waals surface area (Å²) in [7, 11) is 0. The van der Waals surface area contributed by atoms with Gasteiger partial charge in [0.1, 0.15) is 17.5 Å². The highest BCUT2D eigenvalue weighted by atomic mass is 19.1. The third-order valence-electron chi connectivity index (χ3n) is 4.21. The molecule has 2 aromatic rings. The molecule has 2 aromatic carbocycles. The molecule has 0 spiro atoms. The predicted octanol–water partition coefficient (Wildman–Crippen LogP) is 2.74. The molecule has 1 heterocycles. The number of hydrogen-bond donors (Lipinski definition) is 1. The van der Waals surface area contributed by atoms with Gasteiger partial charge in [-0.05, 0) is 42.5 Å². The van der Waals surface area contributed by atoms with E-state index in [1.165, 1.54) is 12.1 Å². The van der Waals surface area contributed by atoms with Crippen molar-refractivity contribution in [3.05, 3.63) is 65.5 Å². The van der Waals surface area contributed by atoms with Crippen molar-refractivity contribution in [3.8, 4) is 0 Å². The van der Waals surface area contributed by atoms with E-state index in [1.54, 1.807) is 12.1 Å². The van der Waals surface area contributed by atoms with Gasteiger partial charge in [0, 0.05) is 37.4 Å². The zero-order valence-electron chi connectivity index (χ0n) is 13.6. The number of anilines is 1. The quantitative estimate of drug-likeness (QED) is 0.685. The minimum Gasteiger partial charge on any atom is -0.370 e. The Labute approximate surface area is 144 Å². The fourth-order valence-electron chi connectivity index (χ4n) is 2.78. The molecule has 3 rings (SSSR count). The van der Waals surface area contributed by atoms with E-state index in [4.69, 9.17) is 5.73 Å². The van der Waals surface area contributed by atoms with E-state index in [9.17, 15) is 13.2 Å². The van der Waals surface area contributed by atoms with E-state index >= 15 is 0 Å². The average Bonchev–Trinajstić information content (AvgIpc) is 2.63. The van der Waals surface area contributed by atoms with Crippen LogP contribution in [0.15, 0.2) is 47.5 Å². The molecule has 2 N–H and O–H groups in total. The van der Waals surface area contributed by atoms with Crippen molar-refractivity contribution in [1.82, 2.24) is 4.90 Å². The summed E-state index contributed by atoms with van der Waals surface area (Å²) in [5.74, 6) is -0.956. The van der Waals surface area contributed by atoms with Crippen LogP contribution in [0.5, 0.6) is 0 Å². The number of guanidine groups is 1. The van der Waals surface area contributed by atoms with Crippen molar-refractivity contribution >= 4 is 11.6 Å². The number of piperazine rings is 1. The van der Waals surface area contributed by atoms with Crippen LogP contribution >= 0.6 is 0 Å². The molecule has 0 amide bonds. The molecule has 1 fully saturated rings. The molecule has 0 unspecified atom stereocenters. The lowest BCUT2D eigenvalue weighted by Crippen LogP contribution is -2.51. The van der Waals surface area contributed by atoms with Crippen LogP contribution in [0, 0.1) is 17.5 Å². The van der Waals surface area contributed by atoms with Crippen LogP contribution in [0.4, 0.5) is 18.9 Å². The van der Waals surface area contributed by atoms with Gasteiger partial charge in [-0.15, -0.1) is 0 Å². The van der Waals surface area contributed by atoms with Crippen molar-refractivity contribution in [2.75, 3.05) is 31.1 Å². The van der Waals surface area contributed by atoms with Gasteiger partial charge in [0.15, 0.2) is 5.96 Å². The SMILES string of the molecule is NC(=NCc1cc(F)ccc1F)N1CCN(c2ccc(F)cc2)CC1. The van der Waals surface area contributed by atoms with E-state index in [2.05, 4.69) is 9.89 Å². The number of aliphatic imine (C=N–C) groups is 1. The van der Waals surface area contributed by atoms with Crippen LogP contribution in [-0.4, -0.2) is 37.0 Å². The molecule has 1 aliphatic heterocycles. The van der Waals surface area contributed by atoms with E-state index in [0.29, 0.717) is 19.0 Å². The van der Waals surface area contributed by atoms with Gasteiger partial charge in [-0.25, -0.2) is 18.2 Å². The third-order valence-corrected chi connectivity index (χ3v) is 4.21. The van der Waals surface area contributed by atoms with Crippen LogP contribution in [0.25, 0.3) is 0 Å². The van der Waals surface area contributed by atoms with Crippen molar-refractivity contribution in [2.24, 2.45) is 10.7 Å². The third kappa shape index (κ3) is 4.23. The molecule has 4 nitrogen and oxygen atoms in total. The summed E-state index contributed by atoms with van der Waals surface area (Å²) >= 11 is 0. The van der Waals surface area contributed by atoms with Crippen LogP contribution in [0.2, 0.25) is 0 Å². The van der Waals surface area contributed by atoms with E-state index < -0.39 is 11.6 Å². The Morgan fingerprint density at radius 1 is 0.920 bits per heavy atom. The van der Waals surface area contributed by atoms with E-state index in [-0.39, 0.29) is 17.9 Å². The van der Waals surface area contributed by atoms with Gasteiger partial charge >= 0.3 is 0 Å². The standard InChI is InChI=1S/C18H19F3N4/c19-14-1-4-16(5-2-14)24-7-9-25(10-8-24)18(22)23-12-13-11-15(20)3-6-17(13)21/h1-6,11H,7-10,12H2,(H2,22,23). The lowest BCUT2D eigenvalue weighted by atomic mass is 10.2. The normalized spacial score (nSPS) is 15.6. The maximum Gasteiger partial charge on any atom is 0.191 e. The van der Waals surface area contributed by atoms with Gasteiger partial charge in [-0.3, -0.25) is 0 Å². The monoisotopic (exact) mass is 348 g/mol. The van der Waals surface area contributed by atoms with Gasteiger partial charge in [0.2, 0.25) is 0 Å². The first-order valence-corrected chi connectivity index (χ1v) is 8.02. The summed E-state index contributed by atoms with van der Waals surface area (Å²) in [5, 5.41) is 0. The largest absolute Gasteiger partial charge is 0.370 e. The first kappa shape index (κ1) is 17.1. The molecular weight excluding hydrogens is 329 g/mol. The Balaban J connectivity index is 1.58. The number of nitrogens with zero attached hydrogens (tertiary/aromatic N) is 3. The number of rotatable bonds is 3. The molecule has 0 saturated carbocycles. The number of nitrogens with two attached hydrogens (primary N) is 1. The molecule has 1 aliphatic rings. The zero-order valence-corrected chi connectivity index (χ0v) is 13.6. The molecule has 0 aliphatic carbocycles. The maximum atomic E-state index is 13.6. The Morgan fingerprint density at radius 3 is 2.24 bits per heavy atom.